The summed E-state index contributed by atoms with van der Waals surface area (Å²) in [4.78, 5) is 45.9. The van der Waals surface area contributed by atoms with Crippen molar-refractivity contribution >= 4 is 30.5 Å². The topological polar surface area (TPSA) is 171 Å². The summed E-state index contributed by atoms with van der Waals surface area (Å²) < 4.78 is 18.9. The van der Waals surface area contributed by atoms with Crippen molar-refractivity contribution in [2.24, 2.45) is 5.92 Å². The Labute approximate surface area is 214 Å². The number of rotatable bonds is 13. The summed E-state index contributed by atoms with van der Waals surface area (Å²) in [5.41, 5.74) is 0.855. The maximum Gasteiger partial charge on any atom is 0.328 e. The third-order valence-corrected chi connectivity index (χ3v) is 8.11. The summed E-state index contributed by atoms with van der Waals surface area (Å²) in [5.74, 6) is -1.04. The average Bonchev–Trinajstić information content (AvgIpc) is 2.83. The Balaban J connectivity index is 2.28. The molecule has 0 spiro atoms. The molecule has 0 bridgehead atoms. The molecule has 2 atom stereocenters. The number of esters is 1. The van der Waals surface area contributed by atoms with Crippen molar-refractivity contribution in [1.29, 1.82) is 0 Å². The largest absolute Gasteiger partial charge is 0.467 e. The van der Waals surface area contributed by atoms with Gasteiger partial charge in [-0.25, -0.2) is 4.79 Å². The van der Waals surface area contributed by atoms with Gasteiger partial charge in [0.05, 0.1) is 23.0 Å². The minimum absolute atomic E-state index is 0.0357. The fourth-order valence-electron chi connectivity index (χ4n) is 3.72. The lowest BCUT2D eigenvalue weighted by Gasteiger charge is -2.26. The van der Waals surface area contributed by atoms with E-state index in [2.05, 4.69) is 10.4 Å². The minimum Gasteiger partial charge on any atom is -0.467 e. The van der Waals surface area contributed by atoms with Crippen molar-refractivity contribution < 1.29 is 28.7 Å². The first-order valence-electron chi connectivity index (χ1n) is 11.5. The van der Waals surface area contributed by atoms with Crippen molar-refractivity contribution in [2.45, 2.75) is 51.6 Å². The van der Waals surface area contributed by atoms with Crippen LogP contribution in [0.15, 0.2) is 48.5 Å². The molecule has 12 nitrogen and oxygen atoms in total. The predicted octanol–water partition coefficient (Wildman–Crippen LogP) is 4.16. The molecule has 2 aromatic rings. The van der Waals surface area contributed by atoms with Gasteiger partial charge in [0.2, 0.25) is 5.91 Å². The number of methoxy groups -OCH3 is 1. The summed E-state index contributed by atoms with van der Waals surface area (Å²) in [6, 6.07) is 9.32. The Kier molecular flexibility index (Phi) is 10.5. The Bertz CT molecular complexity index is 1100. The predicted molar refractivity (Wildman–Crippen MR) is 137 cm³/mol. The maximum absolute atomic E-state index is 14.1. The Hall–Kier alpha value is -3.63. The van der Waals surface area contributed by atoms with Crippen LogP contribution in [0.2, 0.25) is 0 Å². The highest BCUT2D eigenvalue weighted by Crippen LogP contribution is 2.49. The highest BCUT2D eigenvalue weighted by molar-refractivity contribution is 7.60. The zero-order chi connectivity index (χ0) is 27.8. The van der Waals surface area contributed by atoms with Crippen LogP contribution < -0.4 is 10.4 Å². The van der Waals surface area contributed by atoms with Gasteiger partial charge in [-0.2, -0.15) is 0 Å². The highest BCUT2D eigenvalue weighted by atomic mass is 31.2. The van der Waals surface area contributed by atoms with Crippen molar-refractivity contribution in [2.75, 3.05) is 7.11 Å². The molecule has 2 N–H and O–H groups in total. The number of amides is 1. The van der Waals surface area contributed by atoms with Crippen LogP contribution in [0.5, 0.6) is 0 Å². The maximum atomic E-state index is 14.1. The fourth-order valence-corrected chi connectivity index (χ4v) is 6.44. The number of nitro benzene ring substituents is 2. The van der Waals surface area contributed by atoms with Gasteiger partial charge in [-0.3, -0.25) is 30.1 Å². The van der Waals surface area contributed by atoms with Gasteiger partial charge in [0.15, 0.2) is 7.29 Å². The van der Waals surface area contributed by atoms with Crippen LogP contribution in [-0.4, -0.2) is 40.9 Å². The first-order chi connectivity index (χ1) is 17.3. The number of hydrogen-bond donors (Lipinski definition) is 2. The normalized spacial score (nSPS) is 13.0. The smallest absolute Gasteiger partial charge is 0.328 e. The van der Waals surface area contributed by atoms with Gasteiger partial charge in [-0.05, 0) is 30.4 Å². The van der Waals surface area contributed by atoms with E-state index in [0.717, 1.165) is 0 Å². The molecular formula is C24H31N4O8P. The van der Waals surface area contributed by atoms with Crippen LogP contribution in [-0.2, 0) is 31.2 Å². The molecule has 0 unspecified atom stereocenters. The molecule has 0 aliphatic carbocycles. The summed E-state index contributed by atoms with van der Waals surface area (Å²) in [5, 5.41) is 27.5. The van der Waals surface area contributed by atoms with Gasteiger partial charge >= 0.3 is 5.97 Å². The summed E-state index contributed by atoms with van der Waals surface area (Å²) in [6.07, 6.45) is 0.284. The minimum atomic E-state index is -3.42. The molecule has 13 heteroatoms. The molecule has 0 heterocycles. The molecule has 0 fully saturated rings. The standard InChI is InChI=1S/C24H31N4O8P/c1-16(2)13-22(24(30)36-4)25-23(29)17(3)26-37(35,14-18-5-9-20(10-6-18)27(31)32)15-19-7-11-21(12-8-19)28(33)34/h5-12,16-17,22H,13-15H2,1-4H3,(H,25,29)(H,26,35)/t17-,22-/m0/s1. The molecule has 2 rings (SSSR count). The fraction of sp³-hybridized carbons (Fsp3) is 0.417. The Morgan fingerprint density at radius 3 is 1.68 bits per heavy atom. The lowest BCUT2D eigenvalue weighted by molar-refractivity contribution is -0.385. The molecule has 0 saturated heterocycles. The number of ether oxygens (including phenoxy) is 1. The van der Waals surface area contributed by atoms with E-state index in [1.54, 1.807) is 0 Å². The van der Waals surface area contributed by atoms with Crippen LogP contribution in [0.25, 0.3) is 0 Å². The SMILES string of the molecule is COC(=O)[C@H](CC(C)C)NC(=O)[C@H](C)NP(=O)(Cc1ccc([N+](=O)[O-])cc1)Cc1ccc([N+](=O)[O-])cc1. The zero-order valence-corrected chi connectivity index (χ0v) is 22.0. The van der Waals surface area contributed by atoms with E-state index in [1.165, 1.54) is 62.6 Å². The van der Waals surface area contributed by atoms with E-state index in [0.29, 0.717) is 17.5 Å². The van der Waals surface area contributed by atoms with Gasteiger partial charge in [-0.15, -0.1) is 0 Å². The molecule has 200 valence electrons. The number of nitrogens with zero attached hydrogens (tertiary/aromatic N) is 2. The van der Waals surface area contributed by atoms with E-state index < -0.39 is 41.1 Å². The van der Waals surface area contributed by atoms with Crippen LogP contribution in [0, 0.1) is 26.1 Å². The average molecular weight is 535 g/mol. The Morgan fingerprint density at radius 1 is 0.892 bits per heavy atom. The summed E-state index contributed by atoms with van der Waals surface area (Å²) in [7, 11) is -2.19. The molecule has 0 aliphatic rings. The molecule has 0 aromatic heterocycles. The van der Waals surface area contributed by atoms with Crippen molar-refractivity contribution in [3.63, 3.8) is 0 Å². The monoisotopic (exact) mass is 534 g/mol. The zero-order valence-electron chi connectivity index (χ0n) is 21.1. The Morgan fingerprint density at radius 2 is 1.32 bits per heavy atom. The molecule has 0 saturated carbocycles. The van der Waals surface area contributed by atoms with Gasteiger partial charge in [-0.1, -0.05) is 38.1 Å². The third-order valence-electron chi connectivity index (χ3n) is 5.50. The van der Waals surface area contributed by atoms with Crippen LogP contribution in [0.4, 0.5) is 11.4 Å². The van der Waals surface area contributed by atoms with E-state index >= 15 is 0 Å². The molecular weight excluding hydrogens is 503 g/mol. The first kappa shape index (κ1) is 29.6. The lowest BCUT2D eigenvalue weighted by atomic mass is 10.0. The highest BCUT2D eigenvalue weighted by Gasteiger charge is 2.31. The number of carbonyl (C=O) groups is 2. The van der Waals surface area contributed by atoms with Crippen LogP contribution in [0.3, 0.4) is 0 Å². The number of nitrogens with one attached hydrogen (secondary N) is 2. The van der Waals surface area contributed by atoms with Gasteiger partial charge in [0, 0.05) is 36.6 Å². The van der Waals surface area contributed by atoms with Crippen molar-refractivity contribution in [1.82, 2.24) is 10.4 Å². The van der Waals surface area contributed by atoms with Gasteiger partial charge < -0.3 is 14.6 Å². The molecule has 2 aromatic carbocycles. The second-order valence-corrected chi connectivity index (χ2v) is 11.8. The number of carbonyl (C=O) groups excluding carboxylic acids is 2. The van der Waals surface area contributed by atoms with Crippen molar-refractivity contribution in [3.8, 4) is 0 Å². The quantitative estimate of drug-likeness (QED) is 0.166. The second kappa shape index (κ2) is 13.1. The molecule has 1 amide bonds. The lowest BCUT2D eigenvalue weighted by Crippen LogP contribution is -2.49. The van der Waals surface area contributed by atoms with Crippen LogP contribution in [0.1, 0.15) is 38.3 Å². The number of hydrogen-bond acceptors (Lipinski definition) is 8. The molecule has 0 aliphatic heterocycles. The van der Waals surface area contributed by atoms with Crippen LogP contribution >= 0.6 is 7.29 Å². The molecule has 37 heavy (non-hydrogen) atoms. The first-order valence-corrected chi connectivity index (χ1v) is 13.6. The van der Waals surface area contributed by atoms with Gasteiger partial charge in [0.1, 0.15) is 6.04 Å². The van der Waals surface area contributed by atoms with E-state index in [-0.39, 0.29) is 29.6 Å². The van der Waals surface area contributed by atoms with Crippen molar-refractivity contribution in [3.05, 3.63) is 79.9 Å². The number of nitro groups is 2. The number of non-ortho nitro benzene ring substituents is 2. The third kappa shape index (κ3) is 9.07. The molecule has 0 radical (unpaired) electrons. The van der Waals surface area contributed by atoms with Gasteiger partial charge in [0.25, 0.3) is 11.4 Å². The summed E-state index contributed by atoms with van der Waals surface area (Å²) >= 11 is 0. The van der Waals surface area contributed by atoms with E-state index in [4.69, 9.17) is 4.74 Å². The summed E-state index contributed by atoms with van der Waals surface area (Å²) in [6.45, 7) is 5.30. The second-order valence-electron chi connectivity index (χ2n) is 9.12. The van der Waals surface area contributed by atoms with E-state index in [1.807, 2.05) is 13.8 Å². The number of benzene rings is 2. The van der Waals surface area contributed by atoms with E-state index in [9.17, 15) is 34.4 Å².